The lowest BCUT2D eigenvalue weighted by Gasteiger charge is -2.23. The molecule has 0 heterocycles. The van der Waals surface area contributed by atoms with E-state index in [-0.39, 0.29) is 17.7 Å². The standard InChI is InChI=1S/C16H32N4O3/c1-4-7-14(21)19-12(8-5-6-9-17)16(23)20-13(15(18)22)10-11(2)3/h11-13H,4-10,17H2,1-3H3,(H2,18,22)(H,19,21)(H,20,23)/t12-,13-/m0/s1. The zero-order valence-corrected chi connectivity index (χ0v) is 14.6. The summed E-state index contributed by atoms with van der Waals surface area (Å²) < 4.78 is 0. The van der Waals surface area contributed by atoms with Gasteiger partial charge >= 0.3 is 0 Å². The van der Waals surface area contributed by atoms with E-state index in [0.29, 0.717) is 32.2 Å². The molecular weight excluding hydrogens is 296 g/mol. The Labute approximate surface area is 138 Å². The third-order valence-corrected chi connectivity index (χ3v) is 3.44. The van der Waals surface area contributed by atoms with E-state index in [1.807, 2.05) is 20.8 Å². The molecule has 7 heteroatoms. The fourth-order valence-electron chi connectivity index (χ4n) is 2.25. The first-order chi connectivity index (χ1) is 10.8. The molecule has 0 fully saturated rings. The van der Waals surface area contributed by atoms with Gasteiger partial charge in [0.05, 0.1) is 0 Å². The zero-order chi connectivity index (χ0) is 17.8. The molecule has 0 radical (unpaired) electrons. The number of nitrogens with one attached hydrogen (secondary N) is 2. The van der Waals surface area contributed by atoms with Crippen LogP contribution in [0.25, 0.3) is 0 Å². The molecule has 134 valence electrons. The molecule has 0 saturated heterocycles. The van der Waals surface area contributed by atoms with Gasteiger partial charge in [-0.3, -0.25) is 14.4 Å². The SMILES string of the molecule is CCCC(=O)N[C@@H](CCCCN)C(=O)N[C@@H](CC(C)C)C(N)=O. The number of carbonyl (C=O) groups is 3. The largest absolute Gasteiger partial charge is 0.368 e. The van der Waals surface area contributed by atoms with Crippen molar-refractivity contribution < 1.29 is 14.4 Å². The monoisotopic (exact) mass is 328 g/mol. The number of rotatable bonds is 12. The van der Waals surface area contributed by atoms with Gasteiger partial charge in [-0.15, -0.1) is 0 Å². The Bertz CT molecular complexity index is 386. The van der Waals surface area contributed by atoms with Crippen molar-refractivity contribution in [3.63, 3.8) is 0 Å². The van der Waals surface area contributed by atoms with E-state index in [9.17, 15) is 14.4 Å². The normalized spacial score (nSPS) is 13.4. The Morgan fingerprint density at radius 1 is 1.04 bits per heavy atom. The number of carbonyl (C=O) groups excluding carboxylic acids is 3. The van der Waals surface area contributed by atoms with E-state index in [2.05, 4.69) is 10.6 Å². The molecule has 0 unspecified atom stereocenters. The molecule has 2 atom stereocenters. The molecule has 0 bridgehead atoms. The number of unbranched alkanes of at least 4 members (excludes halogenated alkanes) is 1. The number of hydrogen-bond donors (Lipinski definition) is 4. The van der Waals surface area contributed by atoms with Crippen LogP contribution in [0.5, 0.6) is 0 Å². The van der Waals surface area contributed by atoms with Gasteiger partial charge in [0.2, 0.25) is 17.7 Å². The highest BCUT2D eigenvalue weighted by atomic mass is 16.2. The van der Waals surface area contributed by atoms with Crippen molar-refractivity contribution in [3.05, 3.63) is 0 Å². The van der Waals surface area contributed by atoms with E-state index >= 15 is 0 Å². The fraction of sp³-hybridized carbons (Fsp3) is 0.812. The van der Waals surface area contributed by atoms with Crippen LogP contribution < -0.4 is 22.1 Å². The van der Waals surface area contributed by atoms with Gasteiger partial charge < -0.3 is 22.1 Å². The van der Waals surface area contributed by atoms with Crippen molar-refractivity contribution in [2.45, 2.75) is 71.4 Å². The average molecular weight is 328 g/mol. The van der Waals surface area contributed by atoms with Gasteiger partial charge in [-0.1, -0.05) is 20.8 Å². The summed E-state index contributed by atoms with van der Waals surface area (Å²) >= 11 is 0. The number of primary amides is 1. The van der Waals surface area contributed by atoms with E-state index in [4.69, 9.17) is 11.5 Å². The maximum atomic E-state index is 12.4. The summed E-state index contributed by atoms with van der Waals surface area (Å²) in [5.74, 6) is -0.873. The van der Waals surface area contributed by atoms with Crippen molar-refractivity contribution in [1.82, 2.24) is 10.6 Å². The molecule has 0 aliphatic rings. The summed E-state index contributed by atoms with van der Waals surface area (Å²) in [6, 6.07) is -1.38. The Morgan fingerprint density at radius 3 is 2.17 bits per heavy atom. The van der Waals surface area contributed by atoms with E-state index in [1.54, 1.807) is 0 Å². The molecular formula is C16H32N4O3. The Hall–Kier alpha value is -1.63. The van der Waals surface area contributed by atoms with E-state index in [0.717, 1.165) is 12.8 Å². The fourth-order valence-corrected chi connectivity index (χ4v) is 2.25. The molecule has 7 nitrogen and oxygen atoms in total. The zero-order valence-electron chi connectivity index (χ0n) is 14.6. The molecule has 0 aliphatic heterocycles. The van der Waals surface area contributed by atoms with Gasteiger partial charge in [0, 0.05) is 6.42 Å². The quantitative estimate of drug-likeness (QED) is 0.387. The van der Waals surface area contributed by atoms with Gasteiger partial charge in [-0.05, 0) is 44.6 Å². The van der Waals surface area contributed by atoms with E-state index in [1.165, 1.54) is 0 Å². The first-order valence-corrected chi connectivity index (χ1v) is 8.40. The highest BCUT2D eigenvalue weighted by molar-refractivity contribution is 5.91. The highest BCUT2D eigenvalue weighted by Crippen LogP contribution is 2.07. The number of nitrogens with two attached hydrogens (primary N) is 2. The summed E-state index contributed by atoms with van der Waals surface area (Å²) in [6.45, 7) is 6.33. The van der Waals surface area contributed by atoms with Crippen LogP contribution in [-0.2, 0) is 14.4 Å². The maximum Gasteiger partial charge on any atom is 0.243 e. The minimum atomic E-state index is -0.720. The van der Waals surface area contributed by atoms with Crippen LogP contribution in [0.3, 0.4) is 0 Å². The second kappa shape index (κ2) is 11.9. The smallest absolute Gasteiger partial charge is 0.243 e. The summed E-state index contributed by atoms with van der Waals surface area (Å²) in [6.07, 6.45) is 3.54. The van der Waals surface area contributed by atoms with Crippen LogP contribution >= 0.6 is 0 Å². The topological polar surface area (TPSA) is 127 Å². The number of amides is 3. The van der Waals surface area contributed by atoms with Crippen LogP contribution in [0.15, 0.2) is 0 Å². The van der Waals surface area contributed by atoms with Crippen LogP contribution in [-0.4, -0.2) is 36.3 Å². The molecule has 0 saturated carbocycles. The first kappa shape index (κ1) is 21.4. The van der Waals surface area contributed by atoms with Gasteiger partial charge in [0.15, 0.2) is 0 Å². The molecule has 6 N–H and O–H groups in total. The molecule has 0 aliphatic carbocycles. The van der Waals surface area contributed by atoms with Crippen LogP contribution in [0.2, 0.25) is 0 Å². The predicted molar refractivity (Wildman–Crippen MR) is 90.3 cm³/mol. The molecule has 0 spiro atoms. The second-order valence-electron chi connectivity index (χ2n) is 6.25. The third-order valence-electron chi connectivity index (χ3n) is 3.44. The lowest BCUT2D eigenvalue weighted by atomic mass is 10.0. The summed E-state index contributed by atoms with van der Waals surface area (Å²) in [5, 5.41) is 5.39. The summed E-state index contributed by atoms with van der Waals surface area (Å²) in [5.41, 5.74) is 10.8. The van der Waals surface area contributed by atoms with Crippen molar-refractivity contribution in [1.29, 1.82) is 0 Å². The predicted octanol–water partition coefficient (Wildman–Crippen LogP) is 0.417. The summed E-state index contributed by atoms with van der Waals surface area (Å²) in [7, 11) is 0. The summed E-state index contributed by atoms with van der Waals surface area (Å²) in [4.78, 5) is 35.7. The lowest BCUT2D eigenvalue weighted by Crippen LogP contribution is -2.53. The molecule has 3 amide bonds. The Balaban J connectivity index is 4.79. The van der Waals surface area contributed by atoms with Crippen molar-refractivity contribution in [2.24, 2.45) is 17.4 Å². The van der Waals surface area contributed by atoms with Crippen molar-refractivity contribution in [2.75, 3.05) is 6.54 Å². The Kier molecular flexibility index (Phi) is 11.0. The van der Waals surface area contributed by atoms with Crippen molar-refractivity contribution in [3.8, 4) is 0 Å². The second-order valence-corrected chi connectivity index (χ2v) is 6.25. The molecule has 0 rings (SSSR count). The molecule has 0 aromatic carbocycles. The first-order valence-electron chi connectivity index (χ1n) is 8.40. The van der Waals surface area contributed by atoms with Gasteiger partial charge in [-0.2, -0.15) is 0 Å². The molecule has 23 heavy (non-hydrogen) atoms. The van der Waals surface area contributed by atoms with E-state index < -0.39 is 18.0 Å². The maximum absolute atomic E-state index is 12.4. The minimum absolute atomic E-state index is 0.167. The Morgan fingerprint density at radius 2 is 1.70 bits per heavy atom. The van der Waals surface area contributed by atoms with Crippen LogP contribution in [0.1, 0.15) is 59.3 Å². The van der Waals surface area contributed by atoms with Gasteiger partial charge in [-0.25, -0.2) is 0 Å². The lowest BCUT2D eigenvalue weighted by molar-refractivity contribution is -0.131. The molecule has 0 aromatic heterocycles. The van der Waals surface area contributed by atoms with Crippen LogP contribution in [0.4, 0.5) is 0 Å². The minimum Gasteiger partial charge on any atom is -0.368 e. The number of hydrogen-bond acceptors (Lipinski definition) is 4. The van der Waals surface area contributed by atoms with Crippen LogP contribution in [0, 0.1) is 5.92 Å². The highest BCUT2D eigenvalue weighted by Gasteiger charge is 2.25. The molecule has 0 aromatic rings. The average Bonchev–Trinajstić information content (AvgIpc) is 2.45. The van der Waals surface area contributed by atoms with Gasteiger partial charge in [0.1, 0.15) is 12.1 Å². The van der Waals surface area contributed by atoms with Gasteiger partial charge in [0.25, 0.3) is 0 Å². The van der Waals surface area contributed by atoms with Crippen molar-refractivity contribution >= 4 is 17.7 Å². The third kappa shape index (κ3) is 9.89.